The Balaban J connectivity index is 1.73. The third-order valence-corrected chi connectivity index (χ3v) is 6.81. The first kappa shape index (κ1) is 25.3. The summed E-state index contributed by atoms with van der Waals surface area (Å²) in [6.07, 6.45) is 5.53. The summed E-state index contributed by atoms with van der Waals surface area (Å²) >= 11 is 3.45. The van der Waals surface area contributed by atoms with Gasteiger partial charge in [0.25, 0.3) is 5.91 Å². The molecule has 1 fully saturated rings. The molecule has 6 heteroatoms. The Hall–Kier alpha value is -2.34. The molecule has 3 rings (SSSR count). The van der Waals surface area contributed by atoms with Crippen LogP contribution in [-0.2, 0) is 16.1 Å². The van der Waals surface area contributed by atoms with Gasteiger partial charge < -0.3 is 15.0 Å². The lowest BCUT2D eigenvalue weighted by atomic mass is 9.95. The van der Waals surface area contributed by atoms with E-state index in [4.69, 9.17) is 4.74 Å². The number of nitrogens with one attached hydrogen (secondary N) is 1. The third kappa shape index (κ3) is 7.32. The molecule has 178 valence electrons. The molecule has 1 N–H and O–H groups in total. The SMILES string of the molecule is CC(C)c1ccccc1OCC(=O)N(Cc1ccc(Br)cc1)[C@H](C)C(=O)NC1CCCCC1. The van der Waals surface area contributed by atoms with Crippen LogP contribution in [-0.4, -0.2) is 35.4 Å². The quantitative estimate of drug-likeness (QED) is 0.458. The highest BCUT2D eigenvalue weighted by molar-refractivity contribution is 9.10. The standard InChI is InChI=1S/C27H35BrN2O3/c1-19(2)24-11-7-8-12-25(24)33-18-26(31)30(17-21-13-15-22(28)16-14-21)20(3)27(32)29-23-9-5-4-6-10-23/h7-8,11-16,19-20,23H,4-6,9-10,17-18H2,1-3H3,(H,29,32)/t20-/m1/s1. The van der Waals surface area contributed by atoms with E-state index in [9.17, 15) is 9.59 Å². The van der Waals surface area contributed by atoms with Crippen molar-refractivity contribution in [2.24, 2.45) is 0 Å². The molecule has 0 radical (unpaired) electrons. The van der Waals surface area contributed by atoms with Crippen LogP contribution in [0.1, 0.15) is 69.9 Å². The van der Waals surface area contributed by atoms with Crippen molar-refractivity contribution in [1.82, 2.24) is 10.2 Å². The van der Waals surface area contributed by atoms with Crippen LogP contribution in [0, 0.1) is 0 Å². The summed E-state index contributed by atoms with van der Waals surface area (Å²) in [7, 11) is 0. The minimum absolute atomic E-state index is 0.102. The molecule has 0 unspecified atom stereocenters. The first-order valence-corrected chi connectivity index (χ1v) is 12.7. The summed E-state index contributed by atoms with van der Waals surface area (Å²) in [4.78, 5) is 28.0. The highest BCUT2D eigenvalue weighted by Gasteiger charge is 2.28. The Morgan fingerprint density at radius 2 is 1.70 bits per heavy atom. The van der Waals surface area contributed by atoms with Gasteiger partial charge in [-0.05, 0) is 55.0 Å². The van der Waals surface area contributed by atoms with Gasteiger partial charge in [-0.1, -0.05) is 79.4 Å². The number of nitrogens with zero attached hydrogens (tertiary/aromatic N) is 1. The Labute approximate surface area is 206 Å². The number of para-hydroxylation sites is 1. The topological polar surface area (TPSA) is 58.6 Å². The zero-order valence-electron chi connectivity index (χ0n) is 19.9. The monoisotopic (exact) mass is 514 g/mol. The van der Waals surface area contributed by atoms with Gasteiger partial charge in [0, 0.05) is 17.1 Å². The van der Waals surface area contributed by atoms with Crippen LogP contribution in [0.3, 0.4) is 0 Å². The number of rotatable bonds is 9. The maximum Gasteiger partial charge on any atom is 0.261 e. The molecule has 1 aliphatic carbocycles. The van der Waals surface area contributed by atoms with Gasteiger partial charge >= 0.3 is 0 Å². The summed E-state index contributed by atoms with van der Waals surface area (Å²) in [5.74, 6) is 0.692. The number of halogens is 1. The first-order valence-electron chi connectivity index (χ1n) is 11.9. The minimum Gasteiger partial charge on any atom is -0.483 e. The van der Waals surface area contributed by atoms with Crippen molar-refractivity contribution in [3.8, 4) is 5.75 Å². The fourth-order valence-electron chi connectivity index (χ4n) is 4.25. The highest BCUT2D eigenvalue weighted by atomic mass is 79.9. The third-order valence-electron chi connectivity index (χ3n) is 6.28. The van der Waals surface area contributed by atoms with E-state index in [0.717, 1.165) is 41.3 Å². The maximum absolute atomic E-state index is 13.3. The zero-order chi connectivity index (χ0) is 23.8. The zero-order valence-corrected chi connectivity index (χ0v) is 21.4. The van der Waals surface area contributed by atoms with Gasteiger partial charge in [-0.15, -0.1) is 0 Å². The van der Waals surface area contributed by atoms with Crippen molar-refractivity contribution in [1.29, 1.82) is 0 Å². The predicted octanol–water partition coefficient (Wildman–Crippen LogP) is 5.82. The number of carbonyl (C=O) groups excluding carboxylic acids is 2. The Kier molecular flexibility index (Phi) is 9.36. The fourth-order valence-corrected chi connectivity index (χ4v) is 4.51. The lowest BCUT2D eigenvalue weighted by molar-refractivity contribution is -0.142. The summed E-state index contributed by atoms with van der Waals surface area (Å²) in [5, 5.41) is 3.17. The van der Waals surface area contributed by atoms with Gasteiger partial charge in [-0.25, -0.2) is 0 Å². The van der Waals surface area contributed by atoms with E-state index in [2.05, 4.69) is 35.1 Å². The average Bonchev–Trinajstić information content (AvgIpc) is 2.82. The molecule has 2 amide bonds. The van der Waals surface area contributed by atoms with Crippen LogP contribution < -0.4 is 10.1 Å². The van der Waals surface area contributed by atoms with E-state index < -0.39 is 6.04 Å². The van der Waals surface area contributed by atoms with Crippen molar-refractivity contribution in [2.75, 3.05) is 6.61 Å². The molecule has 5 nitrogen and oxygen atoms in total. The van der Waals surface area contributed by atoms with Gasteiger partial charge in [0.15, 0.2) is 6.61 Å². The molecule has 33 heavy (non-hydrogen) atoms. The number of amides is 2. The van der Waals surface area contributed by atoms with Crippen molar-refractivity contribution in [2.45, 2.75) is 77.4 Å². The van der Waals surface area contributed by atoms with Gasteiger partial charge in [-0.3, -0.25) is 9.59 Å². The molecule has 0 aliphatic heterocycles. The van der Waals surface area contributed by atoms with E-state index in [1.165, 1.54) is 6.42 Å². The molecule has 1 saturated carbocycles. The van der Waals surface area contributed by atoms with Crippen molar-refractivity contribution < 1.29 is 14.3 Å². The van der Waals surface area contributed by atoms with Crippen LogP contribution in [0.5, 0.6) is 5.75 Å². The largest absolute Gasteiger partial charge is 0.483 e. The molecular formula is C27H35BrN2O3. The van der Waals surface area contributed by atoms with Gasteiger partial charge in [0.2, 0.25) is 5.91 Å². The number of hydrogen-bond donors (Lipinski definition) is 1. The minimum atomic E-state index is -0.591. The number of ether oxygens (including phenoxy) is 1. The second-order valence-corrected chi connectivity index (χ2v) is 10.1. The maximum atomic E-state index is 13.3. The molecule has 0 spiro atoms. The van der Waals surface area contributed by atoms with Crippen LogP contribution in [0.4, 0.5) is 0 Å². The lowest BCUT2D eigenvalue weighted by Crippen LogP contribution is -2.51. The molecule has 2 aromatic rings. The van der Waals surface area contributed by atoms with Crippen LogP contribution in [0.15, 0.2) is 53.0 Å². The van der Waals surface area contributed by atoms with Crippen molar-refractivity contribution in [3.63, 3.8) is 0 Å². The Morgan fingerprint density at radius 1 is 1.03 bits per heavy atom. The summed E-state index contributed by atoms with van der Waals surface area (Å²) in [6.45, 7) is 6.24. The second-order valence-electron chi connectivity index (χ2n) is 9.15. The van der Waals surface area contributed by atoms with E-state index in [1.807, 2.05) is 48.5 Å². The van der Waals surface area contributed by atoms with Gasteiger partial charge in [0.1, 0.15) is 11.8 Å². The smallest absolute Gasteiger partial charge is 0.261 e. The molecule has 0 bridgehead atoms. The predicted molar refractivity (Wildman–Crippen MR) is 135 cm³/mol. The van der Waals surface area contributed by atoms with Crippen LogP contribution in [0.25, 0.3) is 0 Å². The van der Waals surface area contributed by atoms with Crippen molar-refractivity contribution in [3.05, 3.63) is 64.1 Å². The Bertz CT molecular complexity index is 923. The van der Waals surface area contributed by atoms with E-state index in [-0.39, 0.29) is 30.4 Å². The second kappa shape index (κ2) is 12.2. The molecule has 2 aromatic carbocycles. The number of carbonyl (C=O) groups is 2. The molecule has 0 heterocycles. The highest BCUT2D eigenvalue weighted by Crippen LogP contribution is 2.26. The van der Waals surface area contributed by atoms with Crippen LogP contribution in [0.2, 0.25) is 0 Å². The normalized spacial score (nSPS) is 15.2. The molecule has 1 aliphatic rings. The average molecular weight is 515 g/mol. The number of benzene rings is 2. The summed E-state index contributed by atoms with van der Waals surface area (Å²) in [5.41, 5.74) is 2.03. The molecule has 1 atom stereocenters. The van der Waals surface area contributed by atoms with Gasteiger partial charge in [-0.2, -0.15) is 0 Å². The first-order chi connectivity index (χ1) is 15.8. The molecule has 0 aromatic heterocycles. The molecular weight excluding hydrogens is 480 g/mol. The number of hydrogen-bond acceptors (Lipinski definition) is 3. The van der Waals surface area contributed by atoms with E-state index in [1.54, 1.807) is 11.8 Å². The lowest BCUT2D eigenvalue weighted by Gasteiger charge is -2.31. The van der Waals surface area contributed by atoms with E-state index >= 15 is 0 Å². The van der Waals surface area contributed by atoms with E-state index in [0.29, 0.717) is 12.3 Å². The molecule has 0 saturated heterocycles. The fraction of sp³-hybridized carbons (Fsp3) is 0.481. The van der Waals surface area contributed by atoms with Gasteiger partial charge in [0.05, 0.1) is 0 Å². The summed E-state index contributed by atoms with van der Waals surface area (Å²) < 4.78 is 6.92. The van der Waals surface area contributed by atoms with Crippen molar-refractivity contribution >= 4 is 27.7 Å². The van der Waals surface area contributed by atoms with Crippen LogP contribution >= 0.6 is 15.9 Å². The summed E-state index contributed by atoms with van der Waals surface area (Å²) in [6, 6.07) is 15.2. The Morgan fingerprint density at radius 3 is 2.36 bits per heavy atom.